The number of nitrogens with zero attached hydrogens (tertiary/aromatic N) is 3. The number of pyridine rings is 1. The number of hydrogen-bond acceptors (Lipinski definition) is 3. The zero-order valence-corrected chi connectivity index (χ0v) is 16.1. The van der Waals surface area contributed by atoms with Crippen molar-refractivity contribution < 1.29 is 4.79 Å². The summed E-state index contributed by atoms with van der Waals surface area (Å²) in [5.74, 6) is 0. The number of aromatic nitrogens is 1. The fourth-order valence-electron chi connectivity index (χ4n) is 3.73. The smallest absolute Gasteiger partial charge is 0.321 e. The Labute approximate surface area is 166 Å². The molecule has 2 amide bonds. The molecule has 0 saturated carbocycles. The number of benzene rings is 2. The molecular weight excluding hydrogens is 348 g/mol. The van der Waals surface area contributed by atoms with Crippen molar-refractivity contribution in [2.45, 2.75) is 12.8 Å². The number of amides is 2. The predicted molar refractivity (Wildman–Crippen MR) is 114 cm³/mol. The van der Waals surface area contributed by atoms with E-state index >= 15 is 0 Å². The third-order valence-corrected chi connectivity index (χ3v) is 5.32. The van der Waals surface area contributed by atoms with Gasteiger partial charge in [0.05, 0.1) is 11.2 Å². The van der Waals surface area contributed by atoms with Gasteiger partial charge in [-0.1, -0.05) is 48.5 Å². The van der Waals surface area contributed by atoms with E-state index in [2.05, 4.69) is 45.5 Å². The standard InChI is InChI=1S/C23H26N4O/c28-23(25-21-12-4-10-20-11-5-13-24-22(20)21)27-17-15-26(16-18-27)14-6-9-19-7-2-1-3-8-19/h1-5,7-8,10-13H,6,9,14-18H2,(H,25,28). The molecule has 2 heterocycles. The Morgan fingerprint density at radius 3 is 2.54 bits per heavy atom. The normalized spacial score (nSPS) is 14.9. The molecule has 0 radical (unpaired) electrons. The number of aryl methyl sites for hydroxylation is 1. The second-order valence-corrected chi connectivity index (χ2v) is 7.23. The summed E-state index contributed by atoms with van der Waals surface area (Å²) in [7, 11) is 0. The van der Waals surface area contributed by atoms with Gasteiger partial charge in [0.1, 0.15) is 0 Å². The Morgan fingerprint density at radius 1 is 0.929 bits per heavy atom. The van der Waals surface area contributed by atoms with E-state index < -0.39 is 0 Å². The number of carbonyl (C=O) groups is 1. The summed E-state index contributed by atoms with van der Waals surface area (Å²) in [6.45, 7) is 4.45. The third-order valence-electron chi connectivity index (χ3n) is 5.32. The lowest BCUT2D eigenvalue weighted by atomic mass is 10.1. The first-order chi connectivity index (χ1) is 13.8. The van der Waals surface area contributed by atoms with Crippen LogP contribution >= 0.6 is 0 Å². The molecule has 144 valence electrons. The Kier molecular flexibility index (Phi) is 5.83. The Bertz CT molecular complexity index is 915. The van der Waals surface area contributed by atoms with E-state index in [1.54, 1.807) is 6.20 Å². The van der Waals surface area contributed by atoms with Gasteiger partial charge in [-0.2, -0.15) is 0 Å². The second kappa shape index (κ2) is 8.85. The number of urea groups is 1. The maximum atomic E-state index is 12.7. The number of para-hydroxylation sites is 1. The summed E-state index contributed by atoms with van der Waals surface area (Å²) in [4.78, 5) is 21.4. The van der Waals surface area contributed by atoms with Crippen molar-refractivity contribution in [2.24, 2.45) is 0 Å². The molecule has 4 rings (SSSR count). The molecule has 5 heteroatoms. The average molecular weight is 374 g/mol. The molecule has 3 aromatic rings. The van der Waals surface area contributed by atoms with Crippen molar-refractivity contribution in [2.75, 3.05) is 38.0 Å². The fraction of sp³-hybridized carbons (Fsp3) is 0.304. The maximum absolute atomic E-state index is 12.7. The summed E-state index contributed by atoms with van der Waals surface area (Å²) in [5, 5.41) is 4.07. The molecule has 28 heavy (non-hydrogen) atoms. The van der Waals surface area contributed by atoms with Crippen LogP contribution in [0.3, 0.4) is 0 Å². The van der Waals surface area contributed by atoms with Crippen LogP contribution in [0.15, 0.2) is 66.9 Å². The molecule has 5 nitrogen and oxygen atoms in total. The Balaban J connectivity index is 1.26. The van der Waals surface area contributed by atoms with Gasteiger partial charge in [-0.15, -0.1) is 0 Å². The van der Waals surface area contributed by atoms with E-state index in [0.717, 1.165) is 62.2 Å². The summed E-state index contributed by atoms with van der Waals surface area (Å²) >= 11 is 0. The molecule has 1 saturated heterocycles. The lowest BCUT2D eigenvalue weighted by molar-refractivity contribution is 0.146. The van der Waals surface area contributed by atoms with E-state index in [1.807, 2.05) is 35.2 Å². The summed E-state index contributed by atoms with van der Waals surface area (Å²) < 4.78 is 0. The number of anilines is 1. The van der Waals surface area contributed by atoms with E-state index in [0.29, 0.717) is 0 Å². The molecule has 1 N–H and O–H groups in total. The number of nitrogens with one attached hydrogen (secondary N) is 1. The largest absolute Gasteiger partial charge is 0.322 e. The SMILES string of the molecule is O=C(Nc1cccc2cccnc12)N1CCN(CCCc2ccccc2)CC1. The number of carbonyl (C=O) groups excluding carboxylic acids is 1. The minimum atomic E-state index is -0.0397. The quantitative estimate of drug-likeness (QED) is 0.734. The molecule has 0 bridgehead atoms. The lowest BCUT2D eigenvalue weighted by Crippen LogP contribution is -2.50. The maximum Gasteiger partial charge on any atom is 0.321 e. The summed E-state index contributed by atoms with van der Waals surface area (Å²) in [5.41, 5.74) is 3.00. The Morgan fingerprint density at radius 2 is 1.71 bits per heavy atom. The van der Waals surface area contributed by atoms with Gasteiger partial charge in [-0.3, -0.25) is 9.88 Å². The molecule has 1 aliphatic rings. The first-order valence-corrected chi connectivity index (χ1v) is 9.95. The van der Waals surface area contributed by atoms with Crippen LogP contribution in [0.25, 0.3) is 10.9 Å². The highest BCUT2D eigenvalue weighted by atomic mass is 16.2. The van der Waals surface area contributed by atoms with Crippen LogP contribution in [-0.4, -0.2) is 53.5 Å². The average Bonchev–Trinajstić information content (AvgIpc) is 2.75. The highest BCUT2D eigenvalue weighted by Gasteiger charge is 2.21. The molecule has 2 aromatic carbocycles. The summed E-state index contributed by atoms with van der Waals surface area (Å²) in [6, 6.07) is 20.4. The number of piperazine rings is 1. The minimum absolute atomic E-state index is 0.0397. The molecular formula is C23H26N4O. The zero-order chi connectivity index (χ0) is 19.2. The Hall–Kier alpha value is -2.92. The predicted octanol–water partition coefficient (Wildman–Crippen LogP) is 4.02. The molecule has 1 fully saturated rings. The van der Waals surface area contributed by atoms with Gasteiger partial charge in [-0.05, 0) is 37.1 Å². The van der Waals surface area contributed by atoms with Gasteiger partial charge in [0.15, 0.2) is 0 Å². The molecule has 0 aliphatic carbocycles. The van der Waals surface area contributed by atoms with Crippen molar-refractivity contribution in [1.29, 1.82) is 0 Å². The lowest BCUT2D eigenvalue weighted by Gasteiger charge is -2.34. The summed E-state index contributed by atoms with van der Waals surface area (Å²) in [6.07, 6.45) is 4.01. The molecule has 0 unspecified atom stereocenters. The van der Waals surface area contributed by atoms with Gasteiger partial charge in [-0.25, -0.2) is 4.79 Å². The minimum Gasteiger partial charge on any atom is -0.322 e. The van der Waals surface area contributed by atoms with Crippen molar-refractivity contribution in [1.82, 2.24) is 14.8 Å². The molecule has 0 atom stereocenters. The van der Waals surface area contributed by atoms with Crippen LogP contribution < -0.4 is 5.32 Å². The number of rotatable bonds is 5. The van der Waals surface area contributed by atoms with Crippen molar-refractivity contribution in [3.63, 3.8) is 0 Å². The topological polar surface area (TPSA) is 48.5 Å². The van der Waals surface area contributed by atoms with E-state index in [-0.39, 0.29) is 6.03 Å². The van der Waals surface area contributed by atoms with Crippen LogP contribution in [0.1, 0.15) is 12.0 Å². The molecule has 1 aromatic heterocycles. The van der Waals surface area contributed by atoms with Crippen LogP contribution in [0.4, 0.5) is 10.5 Å². The van der Waals surface area contributed by atoms with Crippen LogP contribution in [-0.2, 0) is 6.42 Å². The molecule has 1 aliphatic heterocycles. The monoisotopic (exact) mass is 374 g/mol. The van der Waals surface area contributed by atoms with E-state index in [9.17, 15) is 4.79 Å². The van der Waals surface area contributed by atoms with Crippen molar-refractivity contribution in [3.05, 3.63) is 72.4 Å². The first-order valence-electron chi connectivity index (χ1n) is 9.95. The van der Waals surface area contributed by atoms with Crippen molar-refractivity contribution >= 4 is 22.6 Å². The van der Waals surface area contributed by atoms with Gasteiger partial charge in [0.2, 0.25) is 0 Å². The fourth-order valence-corrected chi connectivity index (χ4v) is 3.73. The molecule has 0 spiro atoms. The number of fused-ring (bicyclic) bond motifs is 1. The van der Waals surface area contributed by atoms with Gasteiger partial charge < -0.3 is 10.2 Å². The van der Waals surface area contributed by atoms with Crippen molar-refractivity contribution in [3.8, 4) is 0 Å². The van der Waals surface area contributed by atoms with E-state index in [4.69, 9.17) is 0 Å². The third kappa shape index (κ3) is 4.49. The van der Waals surface area contributed by atoms with E-state index in [1.165, 1.54) is 5.56 Å². The van der Waals surface area contributed by atoms with Gasteiger partial charge in [0.25, 0.3) is 0 Å². The number of hydrogen-bond donors (Lipinski definition) is 1. The van der Waals surface area contributed by atoms with Gasteiger partial charge >= 0.3 is 6.03 Å². The highest BCUT2D eigenvalue weighted by Crippen LogP contribution is 2.21. The first kappa shape index (κ1) is 18.4. The van der Waals surface area contributed by atoms with Crippen LogP contribution in [0.5, 0.6) is 0 Å². The second-order valence-electron chi connectivity index (χ2n) is 7.23. The highest BCUT2D eigenvalue weighted by molar-refractivity contribution is 5.99. The van der Waals surface area contributed by atoms with Crippen LogP contribution in [0, 0.1) is 0 Å². The van der Waals surface area contributed by atoms with Gasteiger partial charge in [0, 0.05) is 37.8 Å². The van der Waals surface area contributed by atoms with Crippen LogP contribution in [0.2, 0.25) is 0 Å². The zero-order valence-electron chi connectivity index (χ0n) is 16.1.